The first-order valence-corrected chi connectivity index (χ1v) is 5.51. The molecule has 0 spiro atoms. The van der Waals surface area contributed by atoms with Gasteiger partial charge in [0, 0.05) is 12.0 Å². The molecular weight excluding hydrogens is 170 g/mol. The monoisotopic (exact) mass is 190 g/mol. The zero-order chi connectivity index (χ0) is 10.2. The van der Waals surface area contributed by atoms with E-state index in [1.807, 2.05) is 0 Å². The highest BCUT2D eigenvalue weighted by Crippen LogP contribution is 2.24. The standard InChI is InChI=1S/C13H19N/c1-13(2,3)12-5-4-10-6-7-14-9-11(10)8-12/h4-5,8,14H,6-7,9H2,1-3H3/p+1. The van der Waals surface area contributed by atoms with Gasteiger partial charge in [-0.15, -0.1) is 0 Å². The van der Waals surface area contributed by atoms with E-state index in [-0.39, 0.29) is 5.41 Å². The molecule has 1 aliphatic heterocycles. The van der Waals surface area contributed by atoms with Crippen molar-refractivity contribution in [2.75, 3.05) is 6.54 Å². The summed E-state index contributed by atoms with van der Waals surface area (Å²) >= 11 is 0. The van der Waals surface area contributed by atoms with Gasteiger partial charge in [-0.2, -0.15) is 0 Å². The lowest BCUT2D eigenvalue weighted by atomic mass is 9.84. The Morgan fingerprint density at radius 2 is 1.93 bits per heavy atom. The third-order valence-electron chi connectivity index (χ3n) is 3.05. The Bertz CT molecular complexity index is 334. The maximum absolute atomic E-state index is 2.40. The van der Waals surface area contributed by atoms with Gasteiger partial charge in [-0.3, -0.25) is 0 Å². The van der Waals surface area contributed by atoms with E-state index in [0.29, 0.717) is 0 Å². The Kier molecular flexibility index (Phi) is 2.36. The first kappa shape index (κ1) is 9.72. The molecule has 1 aromatic rings. The van der Waals surface area contributed by atoms with Crippen LogP contribution in [0.5, 0.6) is 0 Å². The van der Waals surface area contributed by atoms with Crippen molar-refractivity contribution in [3.63, 3.8) is 0 Å². The van der Waals surface area contributed by atoms with Crippen LogP contribution >= 0.6 is 0 Å². The van der Waals surface area contributed by atoms with Gasteiger partial charge in [0.25, 0.3) is 0 Å². The minimum absolute atomic E-state index is 0.284. The summed E-state index contributed by atoms with van der Waals surface area (Å²) in [5.41, 5.74) is 4.85. The molecule has 76 valence electrons. The van der Waals surface area contributed by atoms with Crippen LogP contribution in [0.15, 0.2) is 18.2 Å². The van der Waals surface area contributed by atoms with E-state index in [1.54, 1.807) is 11.1 Å². The van der Waals surface area contributed by atoms with Crippen molar-refractivity contribution in [1.82, 2.24) is 0 Å². The minimum atomic E-state index is 0.284. The quantitative estimate of drug-likeness (QED) is 0.640. The number of hydrogen-bond donors (Lipinski definition) is 1. The van der Waals surface area contributed by atoms with Crippen LogP contribution in [0.3, 0.4) is 0 Å². The molecule has 0 atom stereocenters. The number of rotatable bonds is 0. The predicted molar refractivity (Wildman–Crippen MR) is 59.3 cm³/mol. The highest BCUT2D eigenvalue weighted by Gasteiger charge is 2.17. The molecule has 2 rings (SSSR count). The molecule has 2 N–H and O–H groups in total. The summed E-state index contributed by atoms with van der Waals surface area (Å²) in [5, 5.41) is 2.40. The van der Waals surface area contributed by atoms with E-state index >= 15 is 0 Å². The second-order valence-electron chi connectivity index (χ2n) is 5.26. The van der Waals surface area contributed by atoms with Gasteiger partial charge < -0.3 is 5.32 Å². The van der Waals surface area contributed by atoms with Crippen molar-refractivity contribution in [2.45, 2.75) is 39.2 Å². The molecule has 0 aliphatic carbocycles. The lowest BCUT2D eigenvalue weighted by Crippen LogP contribution is -2.84. The van der Waals surface area contributed by atoms with E-state index in [2.05, 4.69) is 44.3 Å². The van der Waals surface area contributed by atoms with E-state index in [1.165, 1.54) is 25.1 Å². The molecule has 0 fully saturated rings. The molecule has 1 nitrogen and oxygen atoms in total. The average Bonchev–Trinajstić information content (AvgIpc) is 2.16. The molecule has 0 radical (unpaired) electrons. The van der Waals surface area contributed by atoms with Crippen LogP contribution in [-0.4, -0.2) is 6.54 Å². The summed E-state index contributed by atoms with van der Waals surface area (Å²) in [6.45, 7) is 9.25. The van der Waals surface area contributed by atoms with Gasteiger partial charge >= 0.3 is 0 Å². The molecule has 0 unspecified atom stereocenters. The van der Waals surface area contributed by atoms with Crippen molar-refractivity contribution >= 4 is 0 Å². The first-order chi connectivity index (χ1) is 6.57. The van der Waals surface area contributed by atoms with Crippen molar-refractivity contribution in [2.24, 2.45) is 0 Å². The van der Waals surface area contributed by atoms with Crippen LogP contribution in [0.1, 0.15) is 37.5 Å². The van der Waals surface area contributed by atoms with Crippen LogP contribution in [0.2, 0.25) is 0 Å². The Morgan fingerprint density at radius 3 is 2.64 bits per heavy atom. The molecule has 0 aromatic heterocycles. The number of benzene rings is 1. The van der Waals surface area contributed by atoms with Crippen molar-refractivity contribution in [3.8, 4) is 0 Å². The summed E-state index contributed by atoms with van der Waals surface area (Å²) in [6.07, 6.45) is 1.24. The normalized spacial score (nSPS) is 16.5. The van der Waals surface area contributed by atoms with Crippen molar-refractivity contribution in [1.29, 1.82) is 0 Å². The fourth-order valence-corrected chi connectivity index (χ4v) is 2.04. The lowest BCUT2D eigenvalue weighted by molar-refractivity contribution is -0.673. The van der Waals surface area contributed by atoms with Gasteiger partial charge in [-0.1, -0.05) is 32.9 Å². The predicted octanol–water partition coefficient (Wildman–Crippen LogP) is 1.60. The maximum atomic E-state index is 2.40. The van der Waals surface area contributed by atoms with E-state index in [0.717, 1.165) is 0 Å². The van der Waals surface area contributed by atoms with Gasteiger partial charge in [0.2, 0.25) is 0 Å². The van der Waals surface area contributed by atoms with E-state index in [9.17, 15) is 0 Å². The van der Waals surface area contributed by atoms with Gasteiger partial charge in [0.05, 0.1) is 6.54 Å². The first-order valence-electron chi connectivity index (χ1n) is 5.51. The largest absolute Gasteiger partial charge is 0.342 e. The van der Waals surface area contributed by atoms with Crippen LogP contribution in [0.4, 0.5) is 0 Å². The molecule has 14 heavy (non-hydrogen) atoms. The van der Waals surface area contributed by atoms with Crippen LogP contribution in [0, 0.1) is 0 Å². The molecule has 0 amide bonds. The van der Waals surface area contributed by atoms with Gasteiger partial charge in [-0.25, -0.2) is 0 Å². The molecule has 0 saturated heterocycles. The average molecular weight is 190 g/mol. The van der Waals surface area contributed by atoms with E-state index < -0.39 is 0 Å². The fourth-order valence-electron chi connectivity index (χ4n) is 2.04. The maximum Gasteiger partial charge on any atom is 0.102 e. The molecule has 1 aromatic carbocycles. The molecule has 0 bridgehead atoms. The van der Waals surface area contributed by atoms with Gasteiger partial charge in [0.1, 0.15) is 6.54 Å². The second kappa shape index (κ2) is 3.39. The SMILES string of the molecule is CC(C)(C)c1ccc2c(c1)C[NH2+]CC2. The molecule has 1 heterocycles. The third-order valence-corrected chi connectivity index (χ3v) is 3.05. The Balaban J connectivity index is 2.39. The Morgan fingerprint density at radius 1 is 1.14 bits per heavy atom. The zero-order valence-corrected chi connectivity index (χ0v) is 9.43. The van der Waals surface area contributed by atoms with Gasteiger partial charge in [-0.05, 0) is 22.6 Å². The third kappa shape index (κ3) is 1.83. The highest BCUT2D eigenvalue weighted by molar-refractivity contribution is 5.35. The number of nitrogens with two attached hydrogens (primary N) is 1. The molecule has 1 heteroatoms. The minimum Gasteiger partial charge on any atom is -0.342 e. The smallest absolute Gasteiger partial charge is 0.102 e. The Hall–Kier alpha value is -0.820. The van der Waals surface area contributed by atoms with Crippen LogP contribution in [-0.2, 0) is 18.4 Å². The van der Waals surface area contributed by atoms with Crippen LogP contribution in [0.25, 0.3) is 0 Å². The van der Waals surface area contributed by atoms with Crippen LogP contribution < -0.4 is 5.32 Å². The number of quaternary nitrogens is 1. The summed E-state index contributed by atoms with van der Waals surface area (Å²) in [6, 6.07) is 7.01. The summed E-state index contributed by atoms with van der Waals surface area (Å²) in [7, 11) is 0. The molecular formula is C13H20N+. The highest BCUT2D eigenvalue weighted by atomic mass is 14.9. The number of hydrogen-bond acceptors (Lipinski definition) is 0. The summed E-state index contributed by atoms with van der Waals surface area (Å²) in [5.74, 6) is 0. The topological polar surface area (TPSA) is 16.6 Å². The Labute approximate surface area is 86.5 Å². The second-order valence-corrected chi connectivity index (χ2v) is 5.26. The molecule has 1 aliphatic rings. The van der Waals surface area contributed by atoms with Gasteiger partial charge in [0.15, 0.2) is 0 Å². The lowest BCUT2D eigenvalue weighted by Gasteiger charge is -2.22. The fraction of sp³-hybridized carbons (Fsp3) is 0.538. The van der Waals surface area contributed by atoms with Crippen molar-refractivity contribution in [3.05, 3.63) is 34.9 Å². The van der Waals surface area contributed by atoms with E-state index in [4.69, 9.17) is 0 Å². The summed E-state index contributed by atoms with van der Waals surface area (Å²) < 4.78 is 0. The zero-order valence-electron chi connectivity index (χ0n) is 9.43. The summed E-state index contributed by atoms with van der Waals surface area (Å²) in [4.78, 5) is 0. The molecule has 0 saturated carbocycles. The van der Waals surface area contributed by atoms with Crippen molar-refractivity contribution < 1.29 is 5.32 Å². The number of fused-ring (bicyclic) bond motifs is 1.